The zero-order valence-corrected chi connectivity index (χ0v) is 11.8. The third kappa shape index (κ3) is 4.06. The van der Waals surface area contributed by atoms with Crippen LogP contribution < -0.4 is 5.32 Å². The summed E-state index contributed by atoms with van der Waals surface area (Å²) in [6, 6.07) is 7.22. The molecule has 1 aliphatic heterocycles. The van der Waals surface area contributed by atoms with Gasteiger partial charge < -0.3 is 15.2 Å². The normalized spacial score (nSPS) is 21.7. The van der Waals surface area contributed by atoms with Crippen molar-refractivity contribution in [3.63, 3.8) is 0 Å². The van der Waals surface area contributed by atoms with Gasteiger partial charge >= 0.3 is 5.97 Å². The minimum absolute atomic E-state index is 0.0744. The molecule has 0 unspecified atom stereocenters. The molecule has 1 fully saturated rings. The number of aliphatic carboxylic acids is 1. The Kier molecular flexibility index (Phi) is 4.97. The van der Waals surface area contributed by atoms with Gasteiger partial charge in [-0.25, -0.2) is 0 Å². The second-order valence-electron chi connectivity index (χ2n) is 4.25. The van der Waals surface area contributed by atoms with Crippen molar-refractivity contribution in [3.8, 4) is 11.8 Å². The van der Waals surface area contributed by atoms with Crippen molar-refractivity contribution in [1.82, 2.24) is 5.32 Å². The van der Waals surface area contributed by atoms with Crippen molar-refractivity contribution in [2.75, 3.05) is 13.2 Å². The molecule has 0 saturated carbocycles. The summed E-state index contributed by atoms with van der Waals surface area (Å²) in [6.45, 7) is 0.869. The number of nitrogens with one attached hydrogen (secondary N) is 1. The number of hydrogen-bond acceptors (Lipinski definition) is 3. The lowest BCUT2D eigenvalue weighted by Crippen LogP contribution is -2.29. The van der Waals surface area contributed by atoms with Gasteiger partial charge in [0.05, 0.1) is 6.10 Å². The zero-order valence-electron chi connectivity index (χ0n) is 10.2. The van der Waals surface area contributed by atoms with E-state index in [1.54, 1.807) is 0 Å². The molecule has 1 aliphatic rings. The molecular weight excluding hydrogens is 310 g/mol. The van der Waals surface area contributed by atoms with E-state index in [1.165, 1.54) is 0 Å². The van der Waals surface area contributed by atoms with E-state index < -0.39 is 12.0 Å². The maximum absolute atomic E-state index is 10.7. The van der Waals surface area contributed by atoms with Gasteiger partial charge in [-0.3, -0.25) is 4.79 Å². The van der Waals surface area contributed by atoms with Crippen LogP contribution in [0.3, 0.4) is 0 Å². The number of benzene rings is 1. The van der Waals surface area contributed by atoms with E-state index in [2.05, 4.69) is 33.1 Å². The Morgan fingerprint density at radius 2 is 2.32 bits per heavy atom. The summed E-state index contributed by atoms with van der Waals surface area (Å²) in [5.74, 6) is 5.12. The zero-order chi connectivity index (χ0) is 13.7. The van der Waals surface area contributed by atoms with Gasteiger partial charge in [0.15, 0.2) is 0 Å². The van der Waals surface area contributed by atoms with Gasteiger partial charge in [-0.15, -0.1) is 0 Å². The topological polar surface area (TPSA) is 58.6 Å². The number of ether oxygens (including phenoxy) is 1. The fourth-order valence-electron chi connectivity index (χ4n) is 1.87. The summed E-state index contributed by atoms with van der Waals surface area (Å²) < 4.78 is 6.48. The molecule has 4 nitrogen and oxygen atoms in total. The van der Waals surface area contributed by atoms with Crippen LogP contribution in [-0.2, 0) is 9.53 Å². The number of carboxylic acid groups (broad SMARTS) is 1. The van der Waals surface area contributed by atoms with Crippen LogP contribution in [-0.4, -0.2) is 36.4 Å². The fraction of sp³-hybridized carbons (Fsp3) is 0.357. The van der Waals surface area contributed by atoms with Gasteiger partial charge in [0, 0.05) is 23.0 Å². The maximum Gasteiger partial charge on any atom is 0.320 e. The number of halogens is 1. The molecule has 1 aromatic rings. The minimum Gasteiger partial charge on any atom is -0.480 e. The van der Waals surface area contributed by atoms with Crippen molar-refractivity contribution in [2.45, 2.75) is 18.6 Å². The average Bonchev–Trinajstić information content (AvgIpc) is 2.85. The van der Waals surface area contributed by atoms with E-state index in [4.69, 9.17) is 9.84 Å². The SMILES string of the molecule is O=C(O)[C@@H]1C[C@@H](OCC#Cc2ccccc2Br)CN1. The molecule has 100 valence electrons. The molecule has 19 heavy (non-hydrogen) atoms. The molecule has 0 amide bonds. The minimum atomic E-state index is -0.828. The van der Waals surface area contributed by atoms with Crippen LogP contribution in [0.15, 0.2) is 28.7 Å². The Hall–Kier alpha value is -1.35. The van der Waals surface area contributed by atoms with E-state index in [9.17, 15) is 4.79 Å². The lowest BCUT2D eigenvalue weighted by atomic mass is 10.2. The van der Waals surface area contributed by atoms with Gasteiger partial charge in [0.1, 0.15) is 12.6 Å². The Balaban J connectivity index is 1.79. The molecule has 1 heterocycles. The summed E-state index contributed by atoms with van der Waals surface area (Å²) >= 11 is 3.42. The van der Waals surface area contributed by atoms with Crippen LogP contribution in [0.2, 0.25) is 0 Å². The molecule has 2 rings (SSSR count). The lowest BCUT2D eigenvalue weighted by molar-refractivity contribution is -0.139. The molecule has 1 aromatic carbocycles. The highest BCUT2D eigenvalue weighted by molar-refractivity contribution is 9.10. The van der Waals surface area contributed by atoms with Crippen LogP contribution in [0.25, 0.3) is 0 Å². The van der Waals surface area contributed by atoms with Crippen molar-refractivity contribution >= 4 is 21.9 Å². The van der Waals surface area contributed by atoms with E-state index in [0.717, 1.165) is 10.0 Å². The van der Waals surface area contributed by atoms with E-state index in [0.29, 0.717) is 19.6 Å². The van der Waals surface area contributed by atoms with Gasteiger partial charge in [-0.1, -0.05) is 24.0 Å². The first-order valence-electron chi connectivity index (χ1n) is 5.98. The van der Waals surface area contributed by atoms with Crippen LogP contribution >= 0.6 is 15.9 Å². The molecule has 0 aromatic heterocycles. The molecule has 0 bridgehead atoms. The predicted molar refractivity (Wildman–Crippen MR) is 74.8 cm³/mol. The van der Waals surface area contributed by atoms with E-state index in [1.807, 2.05) is 24.3 Å². The largest absolute Gasteiger partial charge is 0.480 e. The first-order valence-corrected chi connectivity index (χ1v) is 6.77. The van der Waals surface area contributed by atoms with E-state index in [-0.39, 0.29) is 6.10 Å². The molecule has 2 N–H and O–H groups in total. The smallest absolute Gasteiger partial charge is 0.320 e. The fourth-order valence-corrected chi connectivity index (χ4v) is 2.26. The Labute approximate surface area is 120 Å². The maximum atomic E-state index is 10.7. The third-order valence-electron chi connectivity index (χ3n) is 2.88. The first-order chi connectivity index (χ1) is 9.16. The summed E-state index contributed by atoms with van der Waals surface area (Å²) in [4.78, 5) is 10.7. The summed E-state index contributed by atoms with van der Waals surface area (Å²) in [5.41, 5.74) is 0.916. The highest BCUT2D eigenvalue weighted by Crippen LogP contribution is 2.14. The molecule has 0 aliphatic carbocycles. The van der Waals surface area contributed by atoms with Crippen LogP contribution in [0.5, 0.6) is 0 Å². The molecule has 0 radical (unpaired) electrons. The number of carbonyl (C=O) groups is 1. The summed E-state index contributed by atoms with van der Waals surface area (Å²) in [5, 5.41) is 11.7. The second kappa shape index (κ2) is 6.71. The summed E-state index contributed by atoms with van der Waals surface area (Å²) in [7, 11) is 0. The Morgan fingerprint density at radius 1 is 1.53 bits per heavy atom. The van der Waals surface area contributed by atoms with Gasteiger partial charge in [-0.2, -0.15) is 0 Å². The Bertz CT molecular complexity index is 521. The number of carboxylic acids is 1. The average molecular weight is 324 g/mol. The highest BCUT2D eigenvalue weighted by atomic mass is 79.9. The van der Waals surface area contributed by atoms with Crippen molar-refractivity contribution < 1.29 is 14.6 Å². The molecule has 2 atom stereocenters. The molecule has 0 spiro atoms. The molecule has 5 heteroatoms. The summed E-state index contributed by atoms with van der Waals surface area (Å²) in [6.07, 6.45) is 0.418. The monoisotopic (exact) mass is 323 g/mol. The van der Waals surface area contributed by atoms with Crippen LogP contribution in [0.4, 0.5) is 0 Å². The standard InChI is InChI=1S/C14H14BrNO3/c15-12-6-2-1-4-10(12)5-3-7-19-11-8-13(14(17)18)16-9-11/h1-2,4,6,11,13,16H,7-9H2,(H,17,18)/t11-,13+/m1/s1. The van der Waals surface area contributed by atoms with Crippen molar-refractivity contribution in [3.05, 3.63) is 34.3 Å². The van der Waals surface area contributed by atoms with Crippen molar-refractivity contribution in [2.24, 2.45) is 0 Å². The molecular formula is C14H14BrNO3. The first kappa shape index (κ1) is 14.1. The van der Waals surface area contributed by atoms with E-state index >= 15 is 0 Å². The highest BCUT2D eigenvalue weighted by Gasteiger charge is 2.29. The van der Waals surface area contributed by atoms with Crippen LogP contribution in [0.1, 0.15) is 12.0 Å². The Morgan fingerprint density at radius 3 is 3.00 bits per heavy atom. The third-order valence-corrected chi connectivity index (χ3v) is 3.57. The van der Waals surface area contributed by atoms with Gasteiger partial charge in [0.2, 0.25) is 0 Å². The quantitative estimate of drug-likeness (QED) is 0.830. The van der Waals surface area contributed by atoms with Crippen LogP contribution in [0, 0.1) is 11.8 Å². The number of hydrogen-bond donors (Lipinski definition) is 2. The van der Waals surface area contributed by atoms with Gasteiger partial charge in [-0.05, 0) is 28.1 Å². The second-order valence-corrected chi connectivity index (χ2v) is 5.10. The lowest BCUT2D eigenvalue weighted by Gasteiger charge is -2.06. The van der Waals surface area contributed by atoms with Crippen molar-refractivity contribution in [1.29, 1.82) is 0 Å². The molecule has 1 saturated heterocycles. The predicted octanol–water partition coefficient (Wildman–Crippen LogP) is 1.63. The van der Waals surface area contributed by atoms with Gasteiger partial charge in [0.25, 0.3) is 0 Å². The number of rotatable bonds is 3.